The summed E-state index contributed by atoms with van der Waals surface area (Å²) in [4.78, 5) is 18.6. The monoisotopic (exact) mass is 476 g/mol. The molecular weight excluding hydrogens is 445 g/mol. The highest BCUT2D eigenvalue weighted by Gasteiger charge is 2.42. The summed E-state index contributed by atoms with van der Waals surface area (Å²) >= 11 is 0. The fourth-order valence-electron chi connectivity index (χ4n) is 5.71. The molecule has 3 aliphatic heterocycles. The van der Waals surface area contributed by atoms with E-state index in [1.165, 1.54) is 23.1 Å². The molecule has 0 unspecified atom stereocenters. The number of nitrogen functional groups attached to an aromatic ring is 1. The fraction of sp³-hybridized carbons (Fsp3) is 0.583. The molecule has 1 aromatic heterocycles. The van der Waals surface area contributed by atoms with Crippen LogP contribution in [-0.4, -0.2) is 64.9 Å². The van der Waals surface area contributed by atoms with Crippen LogP contribution in [0.3, 0.4) is 0 Å². The molecule has 3 aliphatic rings. The molecule has 34 heavy (non-hydrogen) atoms. The van der Waals surface area contributed by atoms with Crippen molar-refractivity contribution in [2.45, 2.75) is 44.8 Å². The Labute approximate surface area is 197 Å². The molecule has 10 heteroatoms. The van der Waals surface area contributed by atoms with Crippen LogP contribution in [0.4, 0.5) is 29.3 Å². The molecule has 2 N–H and O–H groups in total. The SMILES string of the molecule is Nc1cnn(C(=O)N2CCC3(CCN(Cc4ccc(N5CCCC5)cc4C(F)(F)F)C3)CC2)c1. The molecule has 4 heterocycles. The number of carbonyl (C=O) groups excluding carboxylic acids is 1. The third-order valence-corrected chi connectivity index (χ3v) is 7.67. The van der Waals surface area contributed by atoms with Gasteiger partial charge in [-0.1, -0.05) is 6.07 Å². The normalized spacial score (nSPS) is 21.0. The van der Waals surface area contributed by atoms with Gasteiger partial charge in [0, 0.05) is 45.0 Å². The van der Waals surface area contributed by atoms with Gasteiger partial charge in [0.1, 0.15) is 0 Å². The summed E-state index contributed by atoms with van der Waals surface area (Å²) in [6.45, 7) is 4.70. The molecule has 184 valence electrons. The summed E-state index contributed by atoms with van der Waals surface area (Å²) in [5, 5.41) is 4.00. The second-order valence-electron chi connectivity index (χ2n) is 9.98. The molecule has 0 aliphatic carbocycles. The standard InChI is InChI=1S/C24H31F3N6O/c25-24(26,27)21-13-20(31-8-1-2-9-31)4-3-18(21)15-30-10-5-23(17-30)6-11-32(12-7-23)22(34)33-16-19(28)14-29-33/h3-4,13-14,16H,1-2,5-12,15,17,28H2. The van der Waals surface area contributed by atoms with E-state index in [9.17, 15) is 18.0 Å². The van der Waals surface area contributed by atoms with Crippen molar-refractivity contribution in [2.24, 2.45) is 5.41 Å². The number of rotatable bonds is 3. The first-order valence-corrected chi connectivity index (χ1v) is 12.0. The maximum atomic E-state index is 13.9. The molecule has 0 radical (unpaired) electrons. The van der Waals surface area contributed by atoms with Gasteiger partial charge in [-0.15, -0.1) is 0 Å². The van der Waals surface area contributed by atoms with Crippen molar-refractivity contribution in [1.29, 1.82) is 0 Å². The van der Waals surface area contributed by atoms with E-state index >= 15 is 0 Å². The Hall–Kier alpha value is -2.75. The van der Waals surface area contributed by atoms with Gasteiger partial charge in [-0.2, -0.15) is 23.0 Å². The van der Waals surface area contributed by atoms with E-state index in [1.54, 1.807) is 11.0 Å². The van der Waals surface area contributed by atoms with E-state index in [-0.39, 0.29) is 11.4 Å². The molecular formula is C24H31F3N6O. The highest BCUT2D eigenvalue weighted by Crippen LogP contribution is 2.42. The average Bonchev–Trinajstić information content (AvgIpc) is 3.56. The van der Waals surface area contributed by atoms with Crippen LogP contribution in [0.25, 0.3) is 0 Å². The lowest BCUT2D eigenvalue weighted by molar-refractivity contribution is -0.138. The van der Waals surface area contributed by atoms with Crippen LogP contribution in [0.2, 0.25) is 0 Å². The lowest BCUT2D eigenvalue weighted by Crippen LogP contribution is -2.45. The van der Waals surface area contributed by atoms with E-state index in [0.717, 1.165) is 58.3 Å². The van der Waals surface area contributed by atoms with Crippen molar-refractivity contribution in [3.05, 3.63) is 41.7 Å². The summed E-state index contributed by atoms with van der Waals surface area (Å²) in [6.07, 6.45) is 3.26. The van der Waals surface area contributed by atoms with Gasteiger partial charge in [0.2, 0.25) is 0 Å². The number of anilines is 2. The summed E-state index contributed by atoms with van der Waals surface area (Å²) < 4.78 is 43.0. The molecule has 1 aromatic carbocycles. The van der Waals surface area contributed by atoms with Gasteiger partial charge in [0.05, 0.1) is 23.6 Å². The predicted molar refractivity (Wildman–Crippen MR) is 123 cm³/mol. The average molecular weight is 477 g/mol. The molecule has 2 aromatic rings. The number of carbonyl (C=O) groups is 1. The predicted octanol–water partition coefficient (Wildman–Crippen LogP) is 4.04. The Morgan fingerprint density at radius 2 is 1.76 bits per heavy atom. The Balaban J connectivity index is 1.23. The number of benzene rings is 1. The van der Waals surface area contributed by atoms with Crippen molar-refractivity contribution in [3.63, 3.8) is 0 Å². The van der Waals surface area contributed by atoms with Crippen LogP contribution in [-0.2, 0) is 12.7 Å². The molecule has 7 nitrogen and oxygen atoms in total. The zero-order valence-corrected chi connectivity index (χ0v) is 19.2. The third-order valence-electron chi connectivity index (χ3n) is 7.67. The summed E-state index contributed by atoms with van der Waals surface area (Å²) in [6, 6.07) is 4.65. The van der Waals surface area contributed by atoms with Crippen molar-refractivity contribution in [2.75, 3.05) is 49.9 Å². The van der Waals surface area contributed by atoms with Crippen molar-refractivity contribution >= 4 is 17.4 Å². The topological polar surface area (TPSA) is 70.6 Å². The van der Waals surface area contributed by atoms with E-state index < -0.39 is 11.7 Å². The van der Waals surface area contributed by atoms with E-state index in [1.807, 2.05) is 11.0 Å². The number of hydrogen-bond acceptors (Lipinski definition) is 5. The van der Waals surface area contributed by atoms with Gasteiger partial charge < -0.3 is 15.5 Å². The van der Waals surface area contributed by atoms with Crippen molar-refractivity contribution in [3.8, 4) is 0 Å². The summed E-state index contributed by atoms with van der Waals surface area (Å²) in [5.41, 5.74) is 6.65. The number of halogens is 3. The van der Waals surface area contributed by atoms with E-state index in [2.05, 4.69) is 10.00 Å². The van der Waals surface area contributed by atoms with Crippen LogP contribution in [0.1, 0.15) is 43.2 Å². The molecule has 0 bridgehead atoms. The minimum atomic E-state index is -4.37. The first kappa shape index (κ1) is 23.0. The van der Waals surface area contributed by atoms with Crippen LogP contribution < -0.4 is 10.6 Å². The maximum Gasteiger partial charge on any atom is 0.416 e. The lowest BCUT2D eigenvalue weighted by atomic mass is 9.78. The summed E-state index contributed by atoms with van der Waals surface area (Å²) in [7, 11) is 0. The van der Waals surface area contributed by atoms with Gasteiger partial charge in [-0.25, -0.2) is 4.79 Å². The van der Waals surface area contributed by atoms with Gasteiger partial charge >= 0.3 is 12.2 Å². The molecule has 3 saturated heterocycles. The number of alkyl halides is 3. The number of amides is 1. The zero-order chi connectivity index (χ0) is 23.9. The van der Waals surface area contributed by atoms with E-state index in [4.69, 9.17) is 5.73 Å². The minimum absolute atomic E-state index is 0.0494. The van der Waals surface area contributed by atoms with Crippen molar-refractivity contribution < 1.29 is 18.0 Å². The number of likely N-dealkylation sites (tertiary alicyclic amines) is 2. The van der Waals surface area contributed by atoms with Gasteiger partial charge in [-0.05, 0) is 61.8 Å². The van der Waals surface area contributed by atoms with Gasteiger partial charge in [-0.3, -0.25) is 4.90 Å². The lowest BCUT2D eigenvalue weighted by Gasteiger charge is -2.39. The van der Waals surface area contributed by atoms with Crippen molar-refractivity contribution in [1.82, 2.24) is 19.6 Å². The van der Waals surface area contributed by atoms with Crippen LogP contribution >= 0.6 is 0 Å². The summed E-state index contributed by atoms with van der Waals surface area (Å²) in [5.74, 6) is 0. The number of hydrogen-bond donors (Lipinski definition) is 1. The highest BCUT2D eigenvalue weighted by atomic mass is 19.4. The number of piperidine rings is 1. The molecule has 0 saturated carbocycles. The maximum absolute atomic E-state index is 13.9. The first-order valence-electron chi connectivity index (χ1n) is 12.0. The van der Waals surface area contributed by atoms with Gasteiger partial charge in [0.15, 0.2) is 0 Å². The second-order valence-corrected chi connectivity index (χ2v) is 9.98. The quantitative estimate of drug-likeness (QED) is 0.724. The van der Waals surface area contributed by atoms with Crippen LogP contribution in [0, 0.1) is 5.41 Å². The fourth-order valence-corrected chi connectivity index (χ4v) is 5.71. The molecule has 1 spiro atoms. The highest BCUT2D eigenvalue weighted by molar-refractivity contribution is 5.76. The van der Waals surface area contributed by atoms with Gasteiger partial charge in [0.25, 0.3) is 0 Å². The minimum Gasteiger partial charge on any atom is -0.396 e. The third kappa shape index (κ3) is 4.60. The molecule has 5 rings (SSSR count). The smallest absolute Gasteiger partial charge is 0.396 e. The Morgan fingerprint density at radius 1 is 1.06 bits per heavy atom. The first-order chi connectivity index (χ1) is 16.2. The Kier molecular flexibility index (Phi) is 5.95. The molecule has 0 atom stereocenters. The molecule has 1 amide bonds. The van der Waals surface area contributed by atoms with Crippen LogP contribution in [0.15, 0.2) is 30.6 Å². The zero-order valence-electron chi connectivity index (χ0n) is 19.2. The van der Waals surface area contributed by atoms with Crippen LogP contribution in [0.5, 0.6) is 0 Å². The molecule has 3 fully saturated rings. The number of nitrogens with zero attached hydrogens (tertiary/aromatic N) is 5. The number of aromatic nitrogens is 2. The Bertz CT molecular complexity index is 1040. The van der Waals surface area contributed by atoms with E-state index in [0.29, 0.717) is 36.6 Å². The second kappa shape index (κ2) is 8.79. The Morgan fingerprint density at radius 3 is 2.41 bits per heavy atom. The largest absolute Gasteiger partial charge is 0.416 e. The number of nitrogens with two attached hydrogens (primary N) is 1.